The highest BCUT2D eigenvalue weighted by molar-refractivity contribution is 5.99. The van der Waals surface area contributed by atoms with Crippen LogP contribution in [0.2, 0.25) is 0 Å². The second kappa shape index (κ2) is 11.8. The number of anilines is 2. The molecule has 0 amide bonds. The Labute approximate surface area is 271 Å². The standard InChI is InChI=1S/C35H34F3N9/c1-21-26(22-8-12-41-13-9-22)6-5-7-27(21)32(29-19-47(46-45-29)34(10-11-34)35(36,37)38)44-25-14-23(16-39)30-28(15-25)31(24(17-40)18-42-30)43-20-33(2,3)4/h5-9,12-15,18-19,32,44-46H,10-11,20H2,1-4H3,(H,42,43)/t32-/m0/s1. The molecule has 4 N–H and O–H groups in total. The summed E-state index contributed by atoms with van der Waals surface area (Å²) in [6, 6.07) is 16.9. The van der Waals surface area contributed by atoms with Gasteiger partial charge < -0.3 is 16.1 Å². The molecule has 2 aromatic heterocycles. The summed E-state index contributed by atoms with van der Waals surface area (Å²) in [4.78, 5) is 8.57. The van der Waals surface area contributed by atoms with Gasteiger partial charge in [-0.15, -0.1) is 5.53 Å². The Hall–Kier alpha value is -5.33. The molecule has 2 aromatic carbocycles. The van der Waals surface area contributed by atoms with Gasteiger partial charge in [-0.2, -0.15) is 23.7 Å². The Balaban J connectivity index is 1.49. The number of hydrogen-bond acceptors (Lipinski definition) is 9. The smallest absolute Gasteiger partial charge is 0.383 e. The second-order valence-electron chi connectivity index (χ2n) is 13.2. The van der Waals surface area contributed by atoms with E-state index in [1.807, 2.05) is 43.3 Å². The van der Waals surface area contributed by atoms with E-state index in [1.165, 1.54) is 12.4 Å². The molecular formula is C35H34F3N9. The molecule has 9 nitrogen and oxygen atoms in total. The minimum Gasteiger partial charge on any atom is -0.383 e. The van der Waals surface area contributed by atoms with Crippen molar-refractivity contribution in [2.75, 3.05) is 17.2 Å². The van der Waals surface area contributed by atoms with Gasteiger partial charge in [-0.3, -0.25) is 15.0 Å². The van der Waals surface area contributed by atoms with E-state index in [1.54, 1.807) is 18.5 Å². The number of hydrazine groups is 2. The summed E-state index contributed by atoms with van der Waals surface area (Å²) in [5.41, 5.74) is 9.88. The Morgan fingerprint density at radius 2 is 1.77 bits per heavy atom. The van der Waals surface area contributed by atoms with Gasteiger partial charge in [0, 0.05) is 42.4 Å². The van der Waals surface area contributed by atoms with Crippen LogP contribution in [0.5, 0.6) is 0 Å². The van der Waals surface area contributed by atoms with Crippen molar-refractivity contribution in [2.45, 2.75) is 58.3 Å². The zero-order chi connectivity index (χ0) is 33.6. The van der Waals surface area contributed by atoms with Crippen LogP contribution in [0.1, 0.15) is 61.9 Å². The highest BCUT2D eigenvalue weighted by Crippen LogP contribution is 2.54. The highest BCUT2D eigenvalue weighted by Gasteiger charge is 2.67. The molecule has 47 heavy (non-hydrogen) atoms. The number of alkyl halides is 3. The third-order valence-corrected chi connectivity index (χ3v) is 8.61. The first-order valence-corrected chi connectivity index (χ1v) is 15.2. The largest absolute Gasteiger partial charge is 0.413 e. The average Bonchev–Trinajstić information content (AvgIpc) is 3.73. The number of nitriles is 2. The fourth-order valence-corrected chi connectivity index (χ4v) is 5.89. The van der Waals surface area contributed by atoms with E-state index in [4.69, 9.17) is 0 Å². The number of aromatic nitrogens is 2. The van der Waals surface area contributed by atoms with Crippen LogP contribution in [0.25, 0.3) is 22.0 Å². The molecule has 1 atom stereocenters. The molecule has 6 rings (SSSR count). The fraction of sp³-hybridized carbons (Fsp3) is 0.314. The summed E-state index contributed by atoms with van der Waals surface area (Å²) in [6.07, 6.45) is 1.89. The Morgan fingerprint density at radius 1 is 1.04 bits per heavy atom. The number of hydrogen-bond donors (Lipinski definition) is 4. The lowest BCUT2D eigenvalue weighted by atomic mass is 9.91. The summed E-state index contributed by atoms with van der Waals surface area (Å²) >= 11 is 0. The van der Waals surface area contributed by atoms with E-state index >= 15 is 0 Å². The molecule has 240 valence electrons. The van der Waals surface area contributed by atoms with Crippen LogP contribution in [0.15, 0.2) is 73.0 Å². The first-order valence-electron chi connectivity index (χ1n) is 15.2. The van der Waals surface area contributed by atoms with Crippen LogP contribution < -0.4 is 21.6 Å². The number of halogens is 3. The Morgan fingerprint density at radius 3 is 2.40 bits per heavy atom. The topological polar surface area (TPSA) is 125 Å². The van der Waals surface area contributed by atoms with Crippen LogP contribution in [-0.2, 0) is 0 Å². The van der Waals surface area contributed by atoms with Crippen molar-refractivity contribution in [3.05, 3.63) is 95.2 Å². The first-order chi connectivity index (χ1) is 22.3. The van der Waals surface area contributed by atoms with Gasteiger partial charge in [0.2, 0.25) is 0 Å². The maximum absolute atomic E-state index is 14.1. The van der Waals surface area contributed by atoms with Crippen molar-refractivity contribution in [1.29, 1.82) is 10.5 Å². The highest BCUT2D eigenvalue weighted by atomic mass is 19.4. The van der Waals surface area contributed by atoms with E-state index in [9.17, 15) is 23.7 Å². The molecule has 0 bridgehead atoms. The van der Waals surface area contributed by atoms with Crippen LogP contribution in [0.3, 0.4) is 0 Å². The van der Waals surface area contributed by atoms with Gasteiger partial charge in [-0.1, -0.05) is 39.0 Å². The molecule has 1 aliphatic heterocycles. The summed E-state index contributed by atoms with van der Waals surface area (Å²) in [5, 5.41) is 28.7. The van der Waals surface area contributed by atoms with Gasteiger partial charge in [-0.05, 0) is 71.7 Å². The van der Waals surface area contributed by atoms with Crippen molar-refractivity contribution in [2.24, 2.45) is 5.41 Å². The Bertz CT molecular complexity index is 1950. The summed E-state index contributed by atoms with van der Waals surface area (Å²) in [5.74, 6) is 0. The number of nitrogens with zero attached hydrogens (tertiary/aromatic N) is 5. The van der Waals surface area contributed by atoms with E-state index in [2.05, 4.69) is 64.5 Å². The normalized spacial score (nSPS) is 16.1. The number of benzene rings is 2. The molecule has 1 saturated carbocycles. The lowest BCUT2D eigenvalue weighted by molar-refractivity contribution is -0.195. The number of fused-ring (bicyclic) bond motifs is 1. The van der Waals surface area contributed by atoms with Gasteiger partial charge in [0.1, 0.15) is 12.1 Å². The van der Waals surface area contributed by atoms with Crippen molar-refractivity contribution in [3.63, 3.8) is 0 Å². The van der Waals surface area contributed by atoms with Crippen LogP contribution in [0, 0.1) is 35.0 Å². The molecule has 1 aliphatic carbocycles. The zero-order valence-corrected chi connectivity index (χ0v) is 26.4. The minimum absolute atomic E-state index is 0.0155. The van der Waals surface area contributed by atoms with Gasteiger partial charge >= 0.3 is 6.18 Å². The minimum atomic E-state index is -4.42. The number of nitrogens with one attached hydrogen (secondary N) is 4. The van der Waals surface area contributed by atoms with E-state index in [0.29, 0.717) is 40.1 Å². The van der Waals surface area contributed by atoms with Gasteiger partial charge in [0.15, 0.2) is 5.54 Å². The number of rotatable bonds is 8. The van der Waals surface area contributed by atoms with E-state index in [0.717, 1.165) is 27.3 Å². The molecule has 0 spiro atoms. The molecule has 4 aromatic rings. The first kappa shape index (κ1) is 31.6. The molecule has 3 heterocycles. The van der Waals surface area contributed by atoms with E-state index < -0.39 is 17.8 Å². The molecule has 12 heteroatoms. The van der Waals surface area contributed by atoms with Crippen molar-refractivity contribution >= 4 is 22.3 Å². The van der Waals surface area contributed by atoms with Crippen molar-refractivity contribution < 1.29 is 13.2 Å². The summed E-state index contributed by atoms with van der Waals surface area (Å²) in [7, 11) is 0. The quantitative estimate of drug-likeness (QED) is 0.158. The Kier molecular flexibility index (Phi) is 7.94. The van der Waals surface area contributed by atoms with Crippen molar-refractivity contribution in [1.82, 2.24) is 25.9 Å². The second-order valence-corrected chi connectivity index (χ2v) is 13.2. The molecular weight excluding hydrogens is 603 g/mol. The SMILES string of the molecule is Cc1c(-c2ccncc2)cccc1[C@H](Nc1cc(C#N)c2ncc(C#N)c(NCC(C)(C)C)c2c1)C1=CN(C2(C(F)(F)F)CC2)NN1. The molecule has 0 radical (unpaired) electrons. The predicted octanol–water partition coefficient (Wildman–Crippen LogP) is 7.22. The molecule has 1 fully saturated rings. The average molecular weight is 638 g/mol. The van der Waals surface area contributed by atoms with Crippen molar-refractivity contribution in [3.8, 4) is 23.3 Å². The lowest BCUT2D eigenvalue weighted by Gasteiger charge is -2.28. The third kappa shape index (κ3) is 6.00. The summed E-state index contributed by atoms with van der Waals surface area (Å²) < 4.78 is 42.3. The van der Waals surface area contributed by atoms with Gasteiger partial charge in [0.25, 0.3) is 0 Å². The van der Waals surface area contributed by atoms with E-state index in [-0.39, 0.29) is 23.8 Å². The maximum Gasteiger partial charge on any atom is 0.413 e. The van der Waals surface area contributed by atoms with Crippen LogP contribution in [-0.4, -0.2) is 33.2 Å². The lowest BCUT2D eigenvalue weighted by Crippen LogP contribution is -2.52. The third-order valence-electron chi connectivity index (χ3n) is 8.61. The van der Waals surface area contributed by atoms with Gasteiger partial charge in [-0.25, -0.2) is 0 Å². The molecule has 0 saturated heterocycles. The fourth-order valence-electron chi connectivity index (χ4n) is 5.89. The molecule has 2 aliphatic rings. The zero-order valence-electron chi connectivity index (χ0n) is 26.4. The molecule has 0 unspecified atom stereocenters. The maximum atomic E-state index is 14.1. The number of pyridine rings is 2. The van der Waals surface area contributed by atoms with Gasteiger partial charge in [0.05, 0.1) is 34.1 Å². The van der Waals surface area contributed by atoms with Crippen LogP contribution in [0.4, 0.5) is 24.5 Å². The van der Waals surface area contributed by atoms with Crippen LogP contribution >= 0.6 is 0 Å². The monoisotopic (exact) mass is 637 g/mol. The predicted molar refractivity (Wildman–Crippen MR) is 174 cm³/mol. The summed E-state index contributed by atoms with van der Waals surface area (Å²) in [6.45, 7) is 8.74.